The maximum atomic E-state index is 12.3. The van der Waals surface area contributed by atoms with Crippen LogP contribution in [0.2, 0.25) is 5.02 Å². The number of carboxylic acids is 1. The van der Waals surface area contributed by atoms with E-state index in [1.807, 2.05) is 36.4 Å². The van der Waals surface area contributed by atoms with Crippen molar-refractivity contribution in [3.63, 3.8) is 0 Å². The third-order valence-corrected chi connectivity index (χ3v) is 7.55. The number of halogens is 1. The van der Waals surface area contributed by atoms with Gasteiger partial charge in [0.25, 0.3) is 5.91 Å². The molecule has 1 aliphatic carbocycles. The van der Waals surface area contributed by atoms with Crippen LogP contribution in [0.15, 0.2) is 72.1 Å². The monoisotopic (exact) mass is 531 g/mol. The molecule has 0 atom stereocenters. The van der Waals surface area contributed by atoms with E-state index in [-0.39, 0.29) is 18.9 Å². The molecule has 0 spiro atoms. The van der Waals surface area contributed by atoms with E-state index >= 15 is 0 Å². The molecule has 4 aromatic rings. The lowest BCUT2D eigenvalue weighted by molar-refractivity contribution is -0.136. The van der Waals surface area contributed by atoms with E-state index in [0.29, 0.717) is 17.1 Å². The Hall–Kier alpha value is -3.68. The first-order valence-electron chi connectivity index (χ1n) is 12.2. The summed E-state index contributed by atoms with van der Waals surface area (Å²) >= 11 is 7.66. The van der Waals surface area contributed by atoms with E-state index in [0.717, 1.165) is 40.5 Å². The summed E-state index contributed by atoms with van der Waals surface area (Å²) in [4.78, 5) is 30.2. The fourth-order valence-corrected chi connectivity index (χ4v) is 5.45. The molecule has 0 bridgehead atoms. The van der Waals surface area contributed by atoms with E-state index in [1.165, 1.54) is 17.5 Å². The summed E-state index contributed by atoms with van der Waals surface area (Å²) in [5.41, 5.74) is 7.35. The summed E-state index contributed by atoms with van der Waals surface area (Å²) in [6.07, 6.45) is 3.30. The van der Waals surface area contributed by atoms with Gasteiger partial charge < -0.3 is 15.3 Å². The Morgan fingerprint density at radius 2 is 1.76 bits per heavy atom. The first kappa shape index (κ1) is 25.0. The average molecular weight is 532 g/mol. The van der Waals surface area contributed by atoms with Crippen molar-refractivity contribution in [1.82, 2.24) is 10.3 Å². The van der Waals surface area contributed by atoms with Gasteiger partial charge in [-0.2, -0.15) is 0 Å². The van der Waals surface area contributed by atoms with Gasteiger partial charge in [0.15, 0.2) is 5.13 Å². The van der Waals surface area contributed by atoms with Crippen LogP contribution in [0.3, 0.4) is 0 Å². The molecule has 1 aromatic heterocycles. The Morgan fingerprint density at radius 3 is 2.51 bits per heavy atom. The lowest BCUT2D eigenvalue weighted by atomic mass is 10.1. The number of benzene rings is 3. The molecule has 1 heterocycles. The van der Waals surface area contributed by atoms with Crippen LogP contribution >= 0.6 is 22.9 Å². The van der Waals surface area contributed by atoms with Crippen LogP contribution in [0.5, 0.6) is 0 Å². The van der Waals surface area contributed by atoms with Gasteiger partial charge in [0.1, 0.15) is 0 Å². The normalized spacial score (nSPS) is 12.2. The molecule has 3 aromatic carbocycles. The standard InChI is InChI=1S/C29H26ClN3O3S/c30-24-11-8-21(9-12-24)26-18-37-29(32-26)33(25-13-10-20-2-1-3-23(20)16-25)17-19-4-6-22(7-5-19)28(36)31-15-14-27(34)35/h4-13,16,18H,1-3,14-15,17H2,(H,31,36)(H,34,35). The zero-order valence-corrected chi connectivity index (χ0v) is 21.7. The number of hydrogen-bond acceptors (Lipinski definition) is 5. The van der Waals surface area contributed by atoms with E-state index in [9.17, 15) is 9.59 Å². The molecule has 8 heteroatoms. The molecule has 2 N–H and O–H groups in total. The van der Waals surface area contributed by atoms with Crippen molar-refractivity contribution in [2.75, 3.05) is 11.4 Å². The Labute approximate surface area is 224 Å². The summed E-state index contributed by atoms with van der Waals surface area (Å²) in [6, 6.07) is 21.8. The summed E-state index contributed by atoms with van der Waals surface area (Å²) in [6.45, 7) is 0.690. The van der Waals surface area contributed by atoms with Gasteiger partial charge in [0.05, 0.1) is 18.7 Å². The number of nitrogens with zero attached hydrogens (tertiary/aromatic N) is 2. The lowest BCUT2D eigenvalue weighted by Crippen LogP contribution is -2.26. The van der Waals surface area contributed by atoms with Crippen molar-refractivity contribution in [1.29, 1.82) is 0 Å². The number of aryl methyl sites for hydroxylation is 2. The largest absolute Gasteiger partial charge is 0.481 e. The third-order valence-electron chi connectivity index (χ3n) is 6.44. The van der Waals surface area contributed by atoms with Crippen molar-refractivity contribution in [3.8, 4) is 11.3 Å². The van der Waals surface area contributed by atoms with E-state index in [4.69, 9.17) is 21.7 Å². The second-order valence-electron chi connectivity index (χ2n) is 9.01. The summed E-state index contributed by atoms with van der Waals surface area (Å²) < 4.78 is 0. The number of anilines is 2. The van der Waals surface area contributed by atoms with Crippen molar-refractivity contribution in [2.24, 2.45) is 0 Å². The number of nitrogens with one attached hydrogen (secondary N) is 1. The number of fused-ring (bicyclic) bond motifs is 1. The lowest BCUT2D eigenvalue weighted by Gasteiger charge is -2.23. The third kappa shape index (κ3) is 6.01. The van der Waals surface area contributed by atoms with E-state index < -0.39 is 5.97 Å². The van der Waals surface area contributed by atoms with Crippen molar-refractivity contribution >= 4 is 45.6 Å². The molecule has 0 radical (unpaired) electrons. The highest BCUT2D eigenvalue weighted by atomic mass is 35.5. The predicted molar refractivity (Wildman–Crippen MR) is 148 cm³/mol. The Bertz CT molecular complexity index is 1420. The molecule has 0 saturated heterocycles. The summed E-state index contributed by atoms with van der Waals surface area (Å²) in [5.74, 6) is -1.22. The number of thiazole rings is 1. The van der Waals surface area contributed by atoms with Crippen LogP contribution < -0.4 is 10.2 Å². The van der Waals surface area contributed by atoms with Gasteiger partial charge in [-0.05, 0) is 72.4 Å². The number of carbonyl (C=O) groups excluding carboxylic acids is 1. The molecule has 0 fully saturated rings. The fraction of sp³-hybridized carbons (Fsp3) is 0.207. The van der Waals surface area contributed by atoms with Crippen LogP contribution in [0, 0.1) is 0 Å². The number of aromatic nitrogens is 1. The first-order chi connectivity index (χ1) is 18.0. The number of carbonyl (C=O) groups is 2. The van der Waals surface area contributed by atoms with Crippen molar-refractivity contribution in [3.05, 3.63) is 99.4 Å². The molecule has 6 nitrogen and oxygen atoms in total. The Morgan fingerprint density at radius 1 is 1.00 bits per heavy atom. The summed E-state index contributed by atoms with van der Waals surface area (Å²) in [5, 5.41) is 15.0. The van der Waals surface area contributed by atoms with Gasteiger partial charge in [0.2, 0.25) is 0 Å². The highest BCUT2D eigenvalue weighted by molar-refractivity contribution is 7.14. The molecule has 0 aliphatic heterocycles. The average Bonchev–Trinajstić information content (AvgIpc) is 3.57. The number of carboxylic acid groups (broad SMARTS) is 1. The predicted octanol–water partition coefficient (Wildman–Crippen LogP) is 6.50. The van der Waals surface area contributed by atoms with Crippen molar-refractivity contribution in [2.45, 2.75) is 32.2 Å². The second-order valence-corrected chi connectivity index (χ2v) is 10.3. The van der Waals surface area contributed by atoms with Gasteiger partial charge in [-0.3, -0.25) is 9.59 Å². The van der Waals surface area contributed by atoms with Gasteiger partial charge >= 0.3 is 5.97 Å². The van der Waals surface area contributed by atoms with Gasteiger partial charge in [-0.15, -0.1) is 11.3 Å². The van der Waals surface area contributed by atoms with Crippen LogP contribution in [0.1, 0.15) is 39.9 Å². The number of hydrogen-bond donors (Lipinski definition) is 2. The SMILES string of the molecule is O=C(O)CCNC(=O)c1ccc(CN(c2ccc3c(c2)CCC3)c2nc(-c3ccc(Cl)cc3)cs2)cc1. The maximum Gasteiger partial charge on any atom is 0.305 e. The highest BCUT2D eigenvalue weighted by Crippen LogP contribution is 2.36. The first-order valence-corrected chi connectivity index (χ1v) is 13.4. The Balaban J connectivity index is 1.40. The molecule has 5 rings (SSSR count). The van der Waals surface area contributed by atoms with Gasteiger partial charge in [-0.1, -0.05) is 41.9 Å². The van der Waals surface area contributed by atoms with Crippen LogP contribution in [0.25, 0.3) is 11.3 Å². The molecule has 0 unspecified atom stereocenters. The molecular formula is C29H26ClN3O3S. The Kier molecular flexibility index (Phi) is 7.53. The van der Waals surface area contributed by atoms with Crippen molar-refractivity contribution < 1.29 is 14.7 Å². The van der Waals surface area contributed by atoms with E-state index in [1.54, 1.807) is 23.5 Å². The second kappa shape index (κ2) is 11.2. The maximum absolute atomic E-state index is 12.3. The van der Waals surface area contributed by atoms with E-state index in [2.05, 4.69) is 33.8 Å². The molecule has 1 aliphatic rings. The van der Waals surface area contributed by atoms with Crippen LogP contribution in [-0.4, -0.2) is 28.5 Å². The number of rotatable bonds is 9. The summed E-state index contributed by atoms with van der Waals surface area (Å²) in [7, 11) is 0. The number of amides is 1. The molecule has 0 saturated carbocycles. The van der Waals surface area contributed by atoms with Crippen LogP contribution in [0.4, 0.5) is 10.8 Å². The quantitative estimate of drug-likeness (QED) is 0.258. The highest BCUT2D eigenvalue weighted by Gasteiger charge is 2.19. The smallest absolute Gasteiger partial charge is 0.305 e. The zero-order chi connectivity index (χ0) is 25.8. The van der Waals surface area contributed by atoms with Gasteiger partial charge in [-0.25, -0.2) is 4.98 Å². The fourth-order valence-electron chi connectivity index (χ4n) is 4.47. The zero-order valence-electron chi connectivity index (χ0n) is 20.1. The molecule has 37 heavy (non-hydrogen) atoms. The minimum Gasteiger partial charge on any atom is -0.481 e. The molecule has 1 amide bonds. The van der Waals surface area contributed by atoms with Gasteiger partial charge in [0, 0.05) is 33.8 Å². The minimum absolute atomic E-state index is 0.0992. The number of aliphatic carboxylic acids is 1. The molecule has 188 valence electrons. The minimum atomic E-state index is -0.941. The van der Waals surface area contributed by atoms with Crippen LogP contribution in [-0.2, 0) is 24.2 Å². The topological polar surface area (TPSA) is 82.5 Å². The molecular weight excluding hydrogens is 506 g/mol.